The van der Waals surface area contributed by atoms with Crippen molar-refractivity contribution in [1.29, 1.82) is 5.26 Å². The third-order valence-corrected chi connectivity index (χ3v) is 2.98. The summed E-state index contributed by atoms with van der Waals surface area (Å²) in [7, 11) is 1.57. The van der Waals surface area contributed by atoms with Gasteiger partial charge in [-0.2, -0.15) is 5.26 Å². The standard InChI is InChI=1S/C12H10N4O2S/c1-18-8-2-3-9(14-6-8)10-7-19-12(15-10)16-11(17)4-5-13/h2-3,6-7H,4H2,1H3,(H,15,16,17). The summed E-state index contributed by atoms with van der Waals surface area (Å²) in [5, 5.41) is 13.2. The summed E-state index contributed by atoms with van der Waals surface area (Å²) in [6.45, 7) is 0. The van der Waals surface area contributed by atoms with Gasteiger partial charge < -0.3 is 10.1 Å². The minimum absolute atomic E-state index is 0.185. The number of hydrogen-bond acceptors (Lipinski definition) is 6. The van der Waals surface area contributed by atoms with Crippen molar-refractivity contribution in [3.8, 4) is 23.2 Å². The zero-order valence-electron chi connectivity index (χ0n) is 10.1. The number of nitrogens with one attached hydrogen (secondary N) is 1. The van der Waals surface area contributed by atoms with Gasteiger partial charge in [-0.05, 0) is 12.1 Å². The molecule has 19 heavy (non-hydrogen) atoms. The van der Waals surface area contributed by atoms with Crippen LogP contribution in [-0.2, 0) is 4.79 Å². The molecule has 2 rings (SSSR count). The molecule has 0 spiro atoms. The molecule has 0 unspecified atom stereocenters. The number of nitrogens with zero attached hydrogens (tertiary/aromatic N) is 3. The van der Waals surface area contributed by atoms with Gasteiger partial charge in [0.25, 0.3) is 0 Å². The Kier molecular flexibility index (Phi) is 4.05. The van der Waals surface area contributed by atoms with Gasteiger partial charge in [-0.15, -0.1) is 11.3 Å². The van der Waals surface area contributed by atoms with Crippen LogP contribution < -0.4 is 10.1 Å². The molecule has 0 aromatic carbocycles. The fourth-order valence-corrected chi connectivity index (χ4v) is 2.06. The highest BCUT2D eigenvalue weighted by Crippen LogP contribution is 2.24. The molecule has 0 aliphatic heterocycles. The van der Waals surface area contributed by atoms with Crippen molar-refractivity contribution < 1.29 is 9.53 Å². The maximum absolute atomic E-state index is 11.2. The SMILES string of the molecule is COc1ccc(-c2csc(NC(=O)CC#N)n2)nc1. The third-order valence-electron chi connectivity index (χ3n) is 2.22. The zero-order valence-corrected chi connectivity index (χ0v) is 10.9. The van der Waals surface area contributed by atoms with E-state index in [1.54, 1.807) is 36.9 Å². The Hall–Kier alpha value is -2.46. The van der Waals surface area contributed by atoms with Gasteiger partial charge in [0.15, 0.2) is 5.13 Å². The topological polar surface area (TPSA) is 87.9 Å². The molecule has 0 aliphatic carbocycles. The molecule has 96 valence electrons. The van der Waals surface area contributed by atoms with Crippen LogP contribution in [0.3, 0.4) is 0 Å². The number of rotatable bonds is 4. The van der Waals surface area contributed by atoms with Crippen LogP contribution in [0.1, 0.15) is 6.42 Å². The normalized spacial score (nSPS) is 9.68. The summed E-state index contributed by atoms with van der Waals surface area (Å²) in [4.78, 5) is 19.7. The van der Waals surface area contributed by atoms with Crippen molar-refractivity contribution in [3.05, 3.63) is 23.7 Å². The van der Waals surface area contributed by atoms with E-state index in [-0.39, 0.29) is 12.3 Å². The van der Waals surface area contributed by atoms with E-state index in [1.165, 1.54) is 11.3 Å². The van der Waals surface area contributed by atoms with E-state index in [9.17, 15) is 4.79 Å². The Morgan fingerprint density at radius 3 is 3.00 bits per heavy atom. The number of aromatic nitrogens is 2. The summed E-state index contributed by atoms with van der Waals surface area (Å²) >= 11 is 1.28. The molecule has 1 N–H and O–H groups in total. The number of ether oxygens (including phenoxy) is 1. The molecule has 7 heteroatoms. The van der Waals surface area contributed by atoms with Gasteiger partial charge >= 0.3 is 0 Å². The van der Waals surface area contributed by atoms with Crippen molar-refractivity contribution in [2.45, 2.75) is 6.42 Å². The molecule has 2 aromatic rings. The van der Waals surface area contributed by atoms with Crippen molar-refractivity contribution in [2.75, 3.05) is 12.4 Å². The predicted octanol–water partition coefficient (Wildman–Crippen LogP) is 2.07. The second-order valence-corrected chi connectivity index (χ2v) is 4.36. The van der Waals surface area contributed by atoms with Gasteiger partial charge in [0.05, 0.1) is 25.1 Å². The van der Waals surface area contributed by atoms with E-state index in [2.05, 4.69) is 15.3 Å². The van der Waals surface area contributed by atoms with Crippen molar-refractivity contribution in [2.24, 2.45) is 0 Å². The number of thiazole rings is 1. The minimum atomic E-state index is -0.369. The molecule has 6 nitrogen and oxygen atoms in total. The van der Waals surface area contributed by atoms with E-state index < -0.39 is 0 Å². The Labute approximate surface area is 113 Å². The quantitative estimate of drug-likeness (QED) is 0.922. The Balaban J connectivity index is 2.11. The maximum Gasteiger partial charge on any atom is 0.240 e. The summed E-state index contributed by atoms with van der Waals surface area (Å²) in [5.74, 6) is 0.299. The first kappa shape index (κ1) is 13.0. The summed E-state index contributed by atoms with van der Waals surface area (Å²) in [5.41, 5.74) is 1.36. The maximum atomic E-state index is 11.2. The number of pyridine rings is 1. The number of methoxy groups -OCH3 is 1. The number of amides is 1. The summed E-state index contributed by atoms with van der Waals surface area (Å²) < 4.78 is 5.02. The number of carbonyl (C=O) groups is 1. The van der Waals surface area contributed by atoms with Gasteiger partial charge in [-0.3, -0.25) is 9.78 Å². The molecule has 0 saturated carbocycles. The van der Waals surface area contributed by atoms with Crippen LogP contribution in [0.4, 0.5) is 5.13 Å². The second-order valence-electron chi connectivity index (χ2n) is 3.50. The van der Waals surface area contributed by atoms with Gasteiger partial charge in [0.1, 0.15) is 17.9 Å². The van der Waals surface area contributed by atoms with Gasteiger partial charge in [-0.25, -0.2) is 4.98 Å². The Morgan fingerprint density at radius 2 is 2.37 bits per heavy atom. The zero-order chi connectivity index (χ0) is 13.7. The van der Waals surface area contributed by atoms with Gasteiger partial charge in [0.2, 0.25) is 5.91 Å². The molecule has 1 amide bonds. The van der Waals surface area contributed by atoms with Crippen LogP contribution in [0, 0.1) is 11.3 Å². The molecule has 0 atom stereocenters. The third kappa shape index (κ3) is 3.26. The van der Waals surface area contributed by atoms with Crippen LogP contribution in [-0.4, -0.2) is 23.0 Å². The van der Waals surface area contributed by atoms with Gasteiger partial charge in [-0.1, -0.05) is 0 Å². The van der Waals surface area contributed by atoms with Crippen LogP contribution in [0.2, 0.25) is 0 Å². The second kappa shape index (κ2) is 5.93. The fourth-order valence-electron chi connectivity index (χ4n) is 1.34. The first-order chi connectivity index (χ1) is 9.22. The molecule has 0 saturated heterocycles. The van der Waals surface area contributed by atoms with E-state index in [0.29, 0.717) is 22.3 Å². The molecule has 0 radical (unpaired) electrons. The molecule has 2 heterocycles. The lowest BCUT2D eigenvalue weighted by molar-refractivity contribution is -0.115. The molecule has 2 aromatic heterocycles. The van der Waals surface area contributed by atoms with Crippen LogP contribution >= 0.6 is 11.3 Å². The van der Waals surface area contributed by atoms with E-state index in [0.717, 1.165) is 0 Å². The first-order valence-electron chi connectivity index (χ1n) is 5.35. The van der Waals surface area contributed by atoms with Crippen molar-refractivity contribution >= 4 is 22.4 Å². The van der Waals surface area contributed by atoms with Crippen molar-refractivity contribution in [3.63, 3.8) is 0 Å². The fraction of sp³-hybridized carbons (Fsp3) is 0.167. The molecule has 0 fully saturated rings. The number of hydrogen-bond donors (Lipinski definition) is 1. The van der Waals surface area contributed by atoms with Crippen LogP contribution in [0.5, 0.6) is 5.75 Å². The Morgan fingerprint density at radius 1 is 1.53 bits per heavy atom. The lowest BCUT2D eigenvalue weighted by atomic mass is 10.3. The number of carbonyl (C=O) groups excluding carboxylic acids is 1. The van der Waals surface area contributed by atoms with E-state index in [1.807, 2.05) is 0 Å². The highest BCUT2D eigenvalue weighted by atomic mass is 32.1. The average molecular weight is 274 g/mol. The van der Waals surface area contributed by atoms with E-state index in [4.69, 9.17) is 10.00 Å². The smallest absolute Gasteiger partial charge is 0.240 e. The van der Waals surface area contributed by atoms with Crippen LogP contribution in [0.25, 0.3) is 11.4 Å². The summed E-state index contributed by atoms with van der Waals surface area (Å²) in [6.07, 6.45) is 1.41. The lowest BCUT2D eigenvalue weighted by Gasteiger charge is -1.99. The molecule has 0 aliphatic rings. The van der Waals surface area contributed by atoms with Crippen LogP contribution in [0.15, 0.2) is 23.7 Å². The number of anilines is 1. The molecular weight excluding hydrogens is 264 g/mol. The largest absolute Gasteiger partial charge is 0.495 e. The monoisotopic (exact) mass is 274 g/mol. The average Bonchev–Trinajstić information content (AvgIpc) is 2.87. The minimum Gasteiger partial charge on any atom is -0.495 e. The first-order valence-corrected chi connectivity index (χ1v) is 6.23. The van der Waals surface area contributed by atoms with Gasteiger partial charge in [0, 0.05) is 5.38 Å². The highest BCUT2D eigenvalue weighted by Gasteiger charge is 2.08. The molecular formula is C12H10N4O2S. The summed E-state index contributed by atoms with van der Waals surface area (Å²) in [6, 6.07) is 5.35. The van der Waals surface area contributed by atoms with Crippen molar-refractivity contribution in [1.82, 2.24) is 9.97 Å². The Bertz CT molecular complexity index is 615. The highest BCUT2D eigenvalue weighted by molar-refractivity contribution is 7.14. The predicted molar refractivity (Wildman–Crippen MR) is 70.8 cm³/mol. The van der Waals surface area contributed by atoms with E-state index >= 15 is 0 Å². The molecule has 0 bridgehead atoms. The lowest BCUT2D eigenvalue weighted by Crippen LogP contribution is -2.09. The number of nitriles is 1.